The minimum absolute atomic E-state index is 0.00918. The number of carbonyl (C=O) groups excluding carboxylic acids is 1. The van der Waals surface area contributed by atoms with E-state index in [9.17, 15) is 9.36 Å². The fraction of sp³-hybridized carbons (Fsp3) is 0.609. The van der Waals surface area contributed by atoms with Crippen molar-refractivity contribution in [3.63, 3.8) is 0 Å². The van der Waals surface area contributed by atoms with Crippen LogP contribution in [0.2, 0.25) is 5.28 Å². The van der Waals surface area contributed by atoms with E-state index in [1.807, 2.05) is 4.90 Å². The molecule has 2 N–H and O–H groups in total. The number of ether oxygens (including phenoxy) is 2. The van der Waals surface area contributed by atoms with Crippen LogP contribution in [0.1, 0.15) is 42.3 Å². The van der Waals surface area contributed by atoms with Gasteiger partial charge in [-0.2, -0.15) is 20.2 Å². The van der Waals surface area contributed by atoms with Gasteiger partial charge >= 0.3 is 7.60 Å². The number of piperidine rings is 1. The number of halogens is 1. The summed E-state index contributed by atoms with van der Waals surface area (Å²) in [6.07, 6.45) is 6.99. The summed E-state index contributed by atoms with van der Waals surface area (Å²) in [5.74, 6) is 0.716. The van der Waals surface area contributed by atoms with E-state index in [-0.39, 0.29) is 29.3 Å². The number of amides is 1. The Balaban J connectivity index is 1.14. The van der Waals surface area contributed by atoms with Gasteiger partial charge in [0.05, 0.1) is 36.1 Å². The molecule has 6 heterocycles. The van der Waals surface area contributed by atoms with Crippen molar-refractivity contribution in [2.24, 2.45) is 12.5 Å². The summed E-state index contributed by atoms with van der Waals surface area (Å²) < 4.78 is 25.5. The number of likely N-dealkylation sites (tertiary alicyclic amines) is 1. The van der Waals surface area contributed by atoms with Gasteiger partial charge in [-0.15, -0.1) is 0 Å². The van der Waals surface area contributed by atoms with Crippen LogP contribution in [0.5, 0.6) is 0 Å². The Kier molecular flexibility index (Phi) is 6.89. The Morgan fingerprint density at radius 1 is 1.23 bits per heavy atom. The zero-order valence-corrected chi connectivity index (χ0v) is 23.0. The topological polar surface area (TPSA) is 161 Å². The van der Waals surface area contributed by atoms with E-state index < -0.39 is 20.2 Å². The van der Waals surface area contributed by atoms with Gasteiger partial charge in [0.15, 0.2) is 11.9 Å². The molecule has 0 aromatic carbocycles. The van der Waals surface area contributed by atoms with Crippen LogP contribution in [0.25, 0.3) is 11.0 Å². The molecule has 3 fully saturated rings. The van der Waals surface area contributed by atoms with E-state index in [1.165, 1.54) is 0 Å². The minimum Gasteiger partial charge on any atom is -0.366 e. The van der Waals surface area contributed by atoms with E-state index in [0.29, 0.717) is 36.4 Å². The first-order chi connectivity index (χ1) is 18.6. The van der Waals surface area contributed by atoms with Gasteiger partial charge < -0.3 is 29.1 Å². The molecule has 1 spiro atoms. The van der Waals surface area contributed by atoms with Crippen molar-refractivity contribution in [2.45, 2.75) is 38.0 Å². The Morgan fingerprint density at radius 2 is 2.05 bits per heavy atom. The third-order valence-electron chi connectivity index (χ3n) is 7.58. The maximum absolute atomic E-state index is 13.0. The number of carbonyl (C=O) groups is 1. The molecule has 3 aromatic rings. The third kappa shape index (κ3) is 5.41. The summed E-state index contributed by atoms with van der Waals surface area (Å²) in [6.45, 7) is 2.99. The predicted octanol–water partition coefficient (Wildman–Crippen LogP) is 1.79. The fourth-order valence-electron chi connectivity index (χ4n) is 5.90. The van der Waals surface area contributed by atoms with E-state index in [0.717, 1.165) is 37.9 Å². The Morgan fingerprint density at radius 3 is 2.79 bits per heavy atom. The first-order valence-corrected chi connectivity index (χ1v) is 15.0. The van der Waals surface area contributed by atoms with Crippen LogP contribution in [-0.2, 0) is 21.1 Å². The molecule has 0 saturated carbocycles. The Hall–Kier alpha value is -2.61. The van der Waals surface area contributed by atoms with E-state index in [2.05, 4.69) is 25.1 Å². The molecule has 3 aliphatic rings. The first-order valence-electron chi connectivity index (χ1n) is 12.8. The number of hydrogen-bond donors (Lipinski definition) is 2. The van der Waals surface area contributed by atoms with Crippen LogP contribution in [-0.4, -0.2) is 95.4 Å². The van der Waals surface area contributed by atoms with Gasteiger partial charge in [-0.3, -0.25) is 14.0 Å². The average Bonchev–Trinajstić information content (AvgIpc) is 3.60. The van der Waals surface area contributed by atoms with Crippen LogP contribution in [0.3, 0.4) is 0 Å². The molecule has 2 atom stereocenters. The average molecular weight is 581 g/mol. The molecule has 3 aromatic heterocycles. The van der Waals surface area contributed by atoms with Gasteiger partial charge in [0.2, 0.25) is 5.28 Å². The number of aryl methyl sites for hydroxylation is 1. The molecule has 210 valence electrons. The minimum atomic E-state index is -4.23. The Bertz CT molecular complexity index is 1440. The summed E-state index contributed by atoms with van der Waals surface area (Å²) in [6, 6.07) is 0. The molecule has 3 aliphatic heterocycles. The van der Waals surface area contributed by atoms with Crippen molar-refractivity contribution in [1.29, 1.82) is 0 Å². The number of fused-ring (bicyclic) bond motifs is 1. The van der Waals surface area contributed by atoms with E-state index >= 15 is 0 Å². The quantitative estimate of drug-likeness (QED) is 0.309. The highest BCUT2D eigenvalue weighted by atomic mass is 35.5. The molecular weight excluding hydrogens is 551 g/mol. The van der Waals surface area contributed by atoms with Crippen LogP contribution < -0.4 is 4.90 Å². The number of rotatable bonds is 7. The lowest BCUT2D eigenvalue weighted by atomic mass is 9.73. The number of nitrogens with zero attached hydrogens (tertiary/aromatic N) is 8. The predicted molar refractivity (Wildman–Crippen MR) is 139 cm³/mol. The second kappa shape index (κ2) is 10.1. The molecule has 39 heavy (non-hydrogen) atoms. The van der Waals surface area contributed by atoms with Gasteiger partial charge in [-0.1, -0.05) is 0 Å². The Labute approximate surface area is 229 Å². The SMILES string of the molecule is Cn1cc(C(=O)N2CCCC3(C2)CN(c2nc(Cl)nc4c2cnn4C2CCC(COCP(=O)(O)O)O2)C3)cn1. The lowest BCUT2D eigenvalue weighted by Crippen LogP contribution is -2.64. The molecule has 16 heteroatoms. The first kappa shape index (κ1) is 26.6. The van der Waals surface area contributed by atoms with Crippen molar-refractivity contribution in [1.82, 2.24) is 34.4 Å². The molecule has 0 radical (unpaired) electrons. The maximum atomic E-state index is 13.0. The lowest BCUT2D eigenvalue weighted by molar-refractivity contribution is -0.0391. The normalized spacial score (nSPS) is 23.1. The van der Waals surface area contributed by atoms with Crippen molar-refractivity contribution in [3.05, 3.63) is 29.4 Å². The van der Waals surface area contributed by atoms with Gasteiger partial charge in [-0.25, -0.2) is 4.68 Å². The zero-order valence-electron chi connectivity index (χ0n) is 21.4. The van der Waals surface area contributed by atoms with Gasteiger partial charge in [-0.05, 0) is 37.3 Å². The number of anilines is 1. The van der Waals surface area contributed by atoms with Gasteiger partial charge in [0, 0.05) is 44.8 Å². The summed E-state index contributed by atoms with van der Waals surface area (Å²) in [4.78, 5) is 44.0. The van der Waals surface area contributed by atoms with Crippen LogP contribution in [0.15, 0.2) is 18.6 Å². The monoisotopic (exact) mass is 580 g/mol. The maximum Gasteiger partial charge on any atom is 0.350 e. The lowest BCUT2D eigenvalue weighted by Gasteiger charge is -2.55. The zero-order chi connectivity index (χ0) is 27.4. The molecule has 14 nitrogen and oxygen atoms in total. The largest absolute Gasteiger partial charge is 0.366 e. The second-order valence-electron chi connectivity index (χ2n) is 10.7. The van der Waals surface area contributed by atoms with Crippen molar-refractivity contribution in [2.75, 3.05) is 44.0 Å². The molecule has 0 aliphatic carbocycles. The number of aromatic nitrogens is 6. The molecule has 2 unspecified atom stereocenters. The smallest absolute Gasteiger partial charge is 0.350 e. The molecule has 6 rings (SSSR count). The molecule has 0 bridgehead atoms. The second-order valence-corrected chi connectivity index (χ2v) is 12.6. The van der Waals surface area contributed by atoms with Crippen LogP contribution >= 0.6 is 19.2 Å². The number of hydrogen-bond acceptors (Lipinski definition) is 9. The van der Waals surface area contributed by atoms with E-state index in [4.69, 9.17) is 30.9 Å². The summed E-state index contributed by atoms with van der Waals surface area (Å²) >= 11 is 6.35. The standard InChI is InChI=1S/C23H30ClN8O6P/c1-29-9-15(7-25-29)21(33)30-6-2-5-23(11-30)12-31(13-23)19-17-8-26-32(20(17)28-22(24)27-19)18-4-3-16(38-18)10-37-14-39(34,35)36/h7-9,16,18H,2-6,10-14H2,1H3,(H2,34,35,36). The van der Waals surface area contributed by atoms with E-state index in [1.54, 1.807) is 35.0 Å². The summed E-state index contributed by atoms with van der Waals surface area (Å²) in [5.41, 5.74) is 1.15. The van der Waals surface area contributed by atoms with Crippen molar-refractivity contribution < 1.29 is 28.6 Å². The summed E-state index contributed by atoms with van der Waals surface area (Å²) in [7, 11) is -2.42. The fourth-order valence-corrected chi connectivity index (χ4v) is 6.40. The molecule has 1 amide bonds. The highest BCUT2D eigenvalue weighted by Gasteiger charge is 2.48. The highest BCUT2D eigenvalue weighted by Crippen LogP contribution is 2.43. The molecular formula is C23H30ClN8O6P. The third-order valence-corrected chi connectivity index (χ3v) is 8.27. The van der Waals surface area contributed by atoms with Crippen LogP contribution in [0, 0.1) is 5.41 Å². The van der Waals surface area contributed by atoms with Crippen molar-refractivity contribution >= 4 is 42.0 Å². The van der Waals surface area contributed by atoms with Gasteiger partial charge in [0.25, 0.3) is 5.91 Å². The van der Waals surface area contributed by atoms with Crippen LogP contribution in [0.4, 0.5) is 5.82 Å². The summed E-state index contributed by atoms with van der Waals surface area (Å²) in [5, 5.41) is 9.53. The van der Waals surface area contributed by atoms with Gasteiger partial charge in [0.1, 0.15) is 12.2 Å². The molecule has 3 saturated heterocycles. The van der Waals surface area contributed by atoms with Crippen molar-refractivity contribution in [3.8, 4) is 0 Å². The highest BCUT2D eigenvalue weighted by molar-refractivity contribution is 7.51.